The van der Waals surface area contributed by atoms with Crippen molar-refractivity contribution in [2.24, 2.45) is 0 Å². The molecule has 62 valence electrons. The van der Waals surface area contributed by atoms with Gasteiger partial charge >= 0.3 is 0 Å². The van der Waals surface area contributed by atoms with E-state index >= 15 is 0 Å². The molecule has 0 bridgehead atoms. The van der Waals surface area contributed by atoms with Gasteiger partial charge in [0, 0.05) is 13.0 Å². The minimum Gasteiger partial charge on any atom is -0.367 e. The zero-order valence-corrected chi connectivity index (χ0v) is 7.31. The molecule has 0 aliphatic heterocycles. The second-order valence-corrected chi connectivity index (χ2v) is 3.08. The van der Waals surface area contributed by atoms with Crippen LogP contribution < -0.4 is 0 Å². The first-order valence-corrected chi connectivity index (χ1v) is 3.95. The molecule has 0 N–H and O–H groups in total. The average molecular weight is 154 g/mol. The summed E-state index contributed by atoms with van der Waals surface area (Å²) in [4.78, 5) is 11.4. The van der Waals surface area contributed by atoms with Crippen LogP contribution in [-0.2, 0) is 9.53 Å². The number of carbonyl (C=O) groups excluding carboxylic acids is 1. The summed E-state index contributed by atoms with van der Waals surface area (Å²) in [6.07, 6.45) is 2.67. The maximum atomic E-state index is 11.4. The van der Waals surface area contributed by atoms with Crippen LogP contribution in [0.4, 0.5) is 0 Å². The molecule has 0 saturated heterocycles. The van der Waals surface area contributed by atoms with Gasteiger partial charge in [-0.3, -0.25) is 4.79 Å². The van der Waals surface area contributed by atoms with Gasteiger partial charge in [0.15, 0.2) is 5.78 Å². The van der Waals surface area contributed by atoms with Crippen molar-refractivity contribution in [3.05, 3.63) is 11.6 Å². The SMILES string of the molecule is CCO[C@@]1(C)CC=C(C)C1=O. The van der Waals surface area contributed by atoms with Gasteiger partial charge in [0.2, 0.25) is 0 Å². The van der Waals surface area contributed by atoms with E-state index in [0.717, 1.165) is 12.0 Å². The zero-order chi connectivity index (χ0) is 8.48. The van der Waals surface area contributed by atoms with Crippen molar-refractivity contribution in [1.82, 2.24) is 0 Å². The molecule has 0 amide bonds. The van der Waals surface area contributed by atoms with Crippen molar-refractivity contribution in [1.29, 1.82) is 0 Å². The van der Waals surface area contributed by atoms with E-state index in [4.69, 9.17) is 4.74 Å². The molecule has 0 heterocycles. The fourth-order valence-corrected chi connectivity index (χ4v) is 1.39. The lowest BCUT2D eigenvalue weighted by atomic mass is 10.0. The molecule has 0 fully saturated rings. The quantitative estimate of drug-likeness (QED) is 0.605. The highest BCUT2D eigenvalue weighted by atomic mass is 16.5. The van der Waals surface area contributed by atoms with Crippen molar-refractivity contribution in [3.8, 4) is 0 Å². The Hall–Kier alpha value is -0.630. The Morgan fingerprint density at radius 2 is 2.36 bits per heavy atom. The predicted molar refractivity (Wildman–Crippen MR) is 43.4 cm³/mol. The normalized spacial score (nSPS) is 30.8. The van der Waals surface area contributed by atoms with E-state index in [2.05, 4.69) is 0 Å². The summed E-state index contributed by atoms with van der Waals surface area (Å²) in [5.41, 5.74) is 0.278. The molecule has 2 nitrogen and oxygen atoms in total. The summed E-state index contributed by atoms with van der Waals surface area (Å²) in [5, 5.41) is 0. The summed E-state index contributed by atoms with van der Waals surface area (Å²) in [6.45, 7) is 6.20. The Morgan fingerprint density at radius 3 is 2.73 bits per heavy atom. The van der Waals surface area contributed by atoms with Gasteiger partial charge in [0.25, 0.3) is 0 Å². The number of hydrogen-bond acceptors (Lipinski definition) is 2. The second kappa shape index (κ2) is 2.78. The molecule has 0 spiro atoms. The van der Waals surface area contributed by atoms with Crippen molar-refractivity contribution in [3.63, 3.8) is 0 Å². The van der Waals surface area contributed by atoms with Crippen molar-refractivity contribution >= 4 is 5.78 Å². The topological polar surface area (TPSA) is 26.3 Å². The number of carbonyl (C=O) groups is 1. The van der Waals surface area contributed by atoms with E-state index in [-0.39, 0.29) is 5.78 Å². The van der Waals surface area contributed by atoms with Crippen LogP contribution in [0.3, 0.4) is 0 Å². The highest BCUT2D eigenvalue weighted by Crippen LogP contribution is 2.28. The number of ketones is 1. The van der Waals surface area contributed by atoms with Crippen molar-refractivity contribution < 1.29 is 9.53 Å². The maximum absolute atomic E-state index is 11.4. The minimum absolute atomic E-state index is 0.138. The van der Waals surface area contributed by atoms with E-state index < -0.39 is 5.60 Å². The summed E-state index contributed by atoms with van der Waals surface area (Å²) >= 11 is 0. The fraction of sp³-hybridized carbons (Fsp3) is 0.667. The second-order valence-electron chi connectivity index (χ2n) is 3.08. The van der Waals surface area contributed by atoms with E-state index in [1.54, 1.807) is 0 Å². The Labute approximate surface area is 67.2 Å². The highest BCUT2D eigenvalue weighted by Gasteiger charge is 2.37. The molecule has 1 atom stereocenters. The molecule has 0 radical (unpaired) electrons. The number of rotatable bonds is 2. The van der Waals surface area contributed by atoms with Gasteiger partial charge < -0.3 is 4.74 Å². The summed E-state index contributed by atoms with van der Waals surface area (Å²) in [6, 6.07) is 0. The van der Waals surface area contributed by atoms with Crippen LogP contribution in [0.15, 0.2) is 11.6 Å². The van der Waals surface area contributed by atoms with Crippen LogP contribution in [0.25, 0.3) is 0 Å². The minimum atomic E-state index is -0.557. The smallest absolute Gasteiger partial charge is 0.190 e. The van der Waals surface area contributed by atoms with E-state index in [9.17, 15) is 4.79 Å². The van der Waals surface area contributed by atoms with Crippen LogP contribution in [0.1, 0.15) is 27.2 Å². The Bertz CT molecular complexity index is 206. The van der Waals surface area contributed by atoms with Crippen molar-refractivity contribution in [2.75, 3.05) is 6.61 Å². The van der Waals surface area contributed by atoms with Crippen LogP contribution in [0, 0.1) is 0 Å². The van der Waals surface area contributed by atoms with Gasteiger partial charge in [-0.1, -0.05) is 6.08 Å². The van der Waals surface area contributed by atoms with Crippen LogP contribution in [0.5, 0.6) is 0 Å². The molecule has 1 aliphatic carbocycles. The number of ether oxygens (including phenoxy) is 1. The molecule has 0 aromatic carbocycles. The first-order chi connectivity index (χ1) is 5.10. The summed E-state index contributed by atoms with van der Waals surface area (Å²) in [5.74, 6) is 0.138. The van der Waals surface area contributed by atoms with E-state index in [1.165, 1.54) is 0 Å². The molecule has 0 unspecified atom stereocenters. The average Bonchev–Trinajstić information content (AvgIpc) is 2.19. The summed E-state index contributed by atoms with van der Waals surface area (Å²) < 4.78 is 5.37. The molecule has 1 aliphatic rings. The third kappa shape index (κ3) is 1.36. The molecule has 0 saturated carbocycles. The first kappa shape index (κ1) is 8.47. The standard InChI is InChI=1S/C9H14O2/c1-4-11-9(3)6-5-7(2)8(9)10/h5H,4,6H2,1-3H3/t9-/m0/s1. The lowest BCUT2D eigenvalue weighted by Crippen LogP contribution is -2.34. The molecule has 1 rings (SSSR count). The number of Topliss-reactive ketones (excluding diaryl/α,β-unsaturated/α-hetero) is 1. The third-order valence-corrected chi connectivity index (χ3v) is 2.10. The molecule has 0 aromatic heterocycles. The van der Waals surface area contributed by atoms with Gasteiger partial charge in [-0.25, -0.2) is 0 Å². The van der Waals surface area contributed by atoms with Gasteiger partial charge in [-0.2, -0.15) is 0 Å². The predicted octanol–water partition coefficient (Wildman–Crippen LogP) is 1.70. The number of hydrogen-bond donors (Lipinski definition) is 0. The third-order valence-electron chi connectivity index (χ3n) is 2.10. The van der Waals surface area contributed by atoms with E-state index in [0.29, 0.717) is 6.61 Å². The Balaban J connectivity index is 2.71. The monoisotopic (exact) mass is 154 g/mol. The van der Waals surface area contributed by atoms with Gasteiger partial charge in [0.05, 0.1) is 0 Å². The van der Waals surface area contributed by atoms with Gasteiger partial charge in [-0.05, 0) is 26.3 Å². The fourth-order valence-electron chi connectivity index (χ4n) is 1.39. The lowest BCUT2D eigenvalue weighted by molar-refractivity contribution is -0.135. The molecular formula is C9H14O2. The molecule has 0 aromatic rings. The molecule has 2 heteroatoms. The zero-order valence-electron chi connectivity index (χ0n) is 7.31. The largest absolute Gasteiger partial charge is 0.367 e. The highest BCUT2D eigenvalue weighted by molar-refractivity contribution is 6.03. The van der Waals surface area contributed by atoms with Crippen molar-refractivity contribution in [2.45, 2.75) is 32.8 Å². The van der Waals surface area contributed by atoms with Gasteiger partial charge in [0.1, 0.15) is 5.60 Å². The molecular weight excluding hydrogens is 140 g/mol. The Kier molecular flexibility index (Phi) is 2.14. The molecule has 11 heavy (non-hydrogen) atoms. The van der Waals surface area contributed by atoms with Crippen LogP contribution in [-0.4, -0.2) is 18.0 Å². The van der Waals surface area contributed by atoms with Crippen LogP contribution in [0.2, 0.25) is 0 Å². The van der Waals surface area contributed by atoms with E-state index in [1.807, 2.05) is 26.8 Å². The van der Waals surface area contributed by atoms with Gasteiger partial charge in [-0.15, -0.1) is 0 Å². The summed E-state index contributed by atoms with van der Waals surface area (Å²) in [7, 11) is 0. The first-order valence-electron chi connectivity index (χ1n) is 3.95. The maximum Gasteiger partial charge on any atom is 0.190 e. The lowest BCUT2D eigenvalue weighted by Gasteiger charge is -2.21. The Morgan fingerprint density at radius 1 is 1.73 bits per heavy atom. The van der Waals surface area contributed by atoms with Crippen LogP contribution >= 0.6 is 0 Å².